The molecule has 2 aliphatic carbocycles. The molecule has 2 aromatic heterocycles. The molecule has 134 valence electrons. The average Bonchev–Trinajstić information content (AvgIpc) is 3.57. The minimum atomic E-state index is -0.289. The topological polar surface area (TPSA) is 69.6 Å². The lowest BCUT2D eigenvalue weighted by molar-refractivity contribution is 0.508. The molecule has 1 aromatic carbocycles. The van der Waals surface area contributed by atoms with Gasteiger partial charge in [-0.15, -0.1) is 20.4 Å². The Morgan fingerprint density at radius 3 is 2.54 bits per heavy atom. The van der Waals surface area contributed by atoms with Crippen LogP contribution in [0.3, 0.4) is 0 Å². The Hall–Kier alpha value is -2.22. The van der Waals surface area contributed by atoms with Gasteiger partial charge in [0, 0.05) is 17.5 Å². The lowest BCUT2D eigenvalue weighted by Gasteiger charge is -2.10. The molecule has 2 saturated carbocycles. The van der Waals surface area contributed by atoms with Crippen molar-refractivity contribution >= 4 is 11.8 Å². The normalized spacial score (nSPS) is 18.2. The second-order valence-electron chi connectivity index (χ2n) is 6.93. The lowest BCUT2D eigenvalue weighted by atomic mass is 10.2. The molecule has 2 aliphatic rings. The molecule has 2 fully saturated rings. The second kappa shape index (κ2) is 6.19. The maximum Gasteiger partial charge on any atom is 0.247 e. The van der Waals surface area contributed by atoms with Crippen molar-refractivity contribution in [1.82, 2.24) is 25.0 Å². The summed E-state index contributed by atoms with van der Waals surface area (Å²) in [7, 11) is 0. The molecule has 0 bridgehead atoms. The fourth-order valence-corrected chi connectivity index (χ4v) is 3.94. The third-order valence-corrected chi connectivity index (χ3v) is 5.75. The van der Waals surface area contributed by atoms with Crippen LogP contribution < -0.4 is 0 Å². The number of hydrogen-bond acceptors (Lipinski definition) is 6. The van der Waals surface area contributed by atoms with Crippen LogP contribution in [0.1, 0.15) is 61.5 Å². The molecule has 6 nitrogen and oxygen atoms in total. The van der Waals surface area contributed by atoms with Crippen molar-refractivity contribution in [3.05, 3.63) is 41.8 Å². The SMILES string of the molecule is CC(Sc1nnc(C2CC2)n1C1CC1)c1nnc(-c2ccc(F)cc2)o1. The van der Waals surface area contributed by atoms with Crippen LogP contribution >= 0.6 is 11.8 Å². The van der Waals surface area contributed by atoms with Gasteiger partial charge in [0.1, 0.15) is 11.6 Å². The Bertz CT molecular complexity index is 929. The molecule has 3 aromatic rings. The van der Waals surface area contributed by atoms with Gasteiger partial charge in [0.05, 0.1) is 5.25 Å². The van der Waals surface area contributed by atoms with E-state index in [2.05, 4.69) is 25.0 Å². The number of aromatic nitrogens is 5. The minimum Gasteiger partial charge on any atom is -0.419 e. The summed E-state index contributed by atoms with van der Waals surface area (Å²) in [4.78, 5) is 0. The molecular formula is C18H18FN5OS. The number of rotatable bonds is 6. The summed E-state index contributed by atoms with van der Waals surface area (Å²) in [6, 6.07) is 6.59. The molecule has 2 heterocycles. The summed E-state index contributed by atoms with van der Waals surface area (Å²) >= 11 is 1.60. The van der Waals surface area contributed by atoms with Gasteiger partial charge in [-0.05, 0) is 56.9 Å². The van der Waals surface area contributed by atoms with Gasteiger partial charge in [-0.25, -0.2) is 4.39 Å². The molecule has 0 radical (unpaired) electrons. The molecule has 1 unspecified atom stereocenters. The van der Waals surface area contributed by atoms with E-state index in [4.69, 9.17) is 4.42 Å². The predicted octanol–water partition coefficient (Wildman–Crippen LogP) is 4.53. The van der Waals surface area contributed by atoms with Gasteiger partial charge >= 0.3 is 0 Å². The van der Waals surface area contributed by atoms with E-state index in [1.165, 1.54) is 37.8 Å². The van der Waals surface area contributed by atoms with Gasteiger partial charge < -0.3 is 8.98 Å². The summed E-state index contributed by atoms with van der Waals surface area (Å²) in [5.41, 5.74) is 0.708. The largest absolute Gasteiger partial charge is 0.419 e. The van der Waals surface area contributed by atoms with Crippen molar-refractivity contribution in [2.45, 2.75) is 55.0 Å². The highest BCUT2D eigenvalue weighted by atomic mass is 32.2. The molecule has 26 heavy (non-hydrogen) atoms. The highest BCUT2D eigenvalue weighted by Gasteiger charge is 2.37. The van der Waals surface area contributed by atoms with Crippen LogP contribution in [-0.4, -0.2) is 25.0 Å². The molecule has 0 spiro atoms. The van der Waals surface area contributed by atoms with E-state index in [-0.39, 0.29) is 11.1 Å². The zero-order valence-corrected chi connectivity index (χ0v) is 15.1. The third-order valence-electron chi connectivity index (χ3n) is 4.71. The van der Waals surface area contributed by atoms with Gasteiger partial charge in [0.15, 0.2) is 5.16 Å². The van der Waals surface area contributed by atoms with E-state index in [1.807, 2.05) is 6.92 Å². The number of hydrogen-bond donors (Lipinski definition) is 0. The second-order valence-corrected chi connectivity index (χ2v) is 8.24. The van der Waals surface area contributed by atoms with E-state index in [1.54, 1.807) is 23.9 Å². The van der Waals surface area contributed by atoms with E-state index in [0.29, 0.717) is 29.3 Å². The van der Waals surface area contributed by atoms with E-state index < -0.39 is 0 Å². The molecule has 0 amide bonds. The average molecular weight is 371 g/mol. The summed E-state index contributed by atoms with van der Waals surface area (Å²) in [5.74, 6) is 2.37. The molecule has 0 aliphatic heterocycles. The molecule has 0 N–H and O–H groups in total. The zero-order chi connectivity index (χ0) is 17.7. The zero-order valence-electron chi connectivity index (χ0n) is 14.3. The van der Waals surface area contributed by atoms with Crippen LogP contribution in [0.2, 0.25) is 0 Å². The Morgan fingerprint density at radius 2 is 1.85 bits per heavy atom. The van der Waals surface area contributed by atoms with Crippen LogP contribution in [0.5, 0.6) is 0 Å². The summed E-state index contributed by atoms with van der Waals surface area (Å²) < 4.78 is 21.2. The van der Waals surface area contributed by atoms with Gasteiger partial charge in [0.25, 0.3) is 0 Å². The Kier molecular flexibility index (Phi) is 3.81. The monoisotopic (exact) mass is 371 g/mol. The quantitative estimate of drug-likeness (QED) is 0.593. The maximum atomic E-state index is 13.1. The molecule has 8 heteroatoms. The fourth-order valence-electron chi connectivity index (χ4n) is 2.98. The molecular weight excluding hydrogens is 353 g/mol. The smallest absolute Gasteiger partial charge is 0.247 e. The first-order valence-corrected chi connectivity index (χ1v) is 9.78. The van der Waals surface area contributed by atoms with E-state index >= 15 is 0 Å². The van der Waals surface area contributed by atoms with E-state index in [9.17, 15) is 4.39 Å². The van der Waals surface area contributed by atoms with Crippen LogP contribution in [0, 0.1) is 5.82 Å². The fraction of sp³-hybridized carbons (Fsp3) is 0.444. The maximum absolute atomic E-state index is 13.1. The molecule has 0 saturated heterocycles. The summed E-state index contributed by atoms with van der Waals surface area (Å²) in [6.45, 7) is 2.02. The first-order valence-electron chi connectivity index (χ1n) is 8.90. The Balaban J connectivity index is 1.36. The lowest BCUT2D eigenvalue weighted by Crippen LogP contribution is -2.02. The number of benzene rings is 1. The van der Waals surface area contributed by atoms with Crippen molar-refractivity contribution in [3.8, 4) is 11.5 Å². The number of thioether (sulfide) groups is 1. The highest BCUT2D eigenvalue weighted by Crippen LogP contribution is 2.47. The third kappa shape index (κ3) is 3.02. The van der Waals surface area contributed by atoms with Crippen LogP contribution in [0.15, 0.2) is 33.8 Å². The standard InChI is InChI=1S/C18H18FN5OS/c1-10(16-21-22-17(25-16)12-4-6-13(19)7-5-12)26-18-23-20-15(11-2-3-11)24(18)14-8-9-14/h4-7,10-11,14H,2-3,8-9H2,1H3. The predicted molar refractivity (Wildman–Crippen MR) is 94.2 cm³/mol. The van der Waals surface area contributed by atoms with Crippen molar-refractivity contribution < 1.29 is 8.81 Å². The van der Waals surface area contributed by atoms with E-state index in [0.717, 1.165) is 11.0 Å². The minimum absolute atomic E-state index is 0.0366. The summed E-state index contributed by atoms with van der Waals surface area (Å²) in [6.07, 6.45) is 4.84. The van der Waals surface area contributed by atoms with Crippen molar-refractivity contribution in [2.24, 2.45) is 0 Å². The van der Waals surface area contributed by atoms with Crippen molar-refractivity contribution in [1.29, 1.82) is 0 Å². The van der Waals surface area contributed by atoms with Crippen LogP contribution in [0.4, 0.5) is 4.39 Å². The Morgan fingerprint density at radius 1 is 1.08 bits per heavy atom. The van der Waals surface area contributed by atoms with Crippen LogP contribution in [0.25, 0.3) is 11.5 Å². The van der Waals surface area contributed by atoms with Crippen molar-refractivity contribution in [2.75, 3.05) is 0 Å². The highest BCUT2D eigenvalue weighted by molar-refractivity contribution is 7.99. The molecule has 5 rings (SSSR count). The number of halogens is 1. The van der Waals surface area contributed by atoms with Gasteiger partial charge in [-0.1, -0.05) is 11.8 Å². The van der Waals surface area contributed by atoms with Gasteiger partial charge in [-0.2, -0.15) is 0 Å². The number of nitrogens with zero attached hydrogens (tertiary/aromatic N) is 5. The molecule has 1 atom stereocenters. The van der Waals surface area contributed by atoms with Gasteiger partial charge in [0.2, 0.25) is 11.8 Å². The van der Waals surface area contributed by atoms with Crippen LogP contribution in [-0.2, 0) is 0 Å². The first kappa shape index (κ1) is 16.0. The van der Waals surface area contributed by atoms with Gasteiger partial charge in [-0.3, -0.25) is 0 Å². The first-order chi connectivity index (χ1) is 12.7. The Labute approximate surface area is 154 Å². The van der Waals surface area contributed by atoms with Crippen molar-refractivity contribution in [3.63, 3.8) is 0 Å². The summed E-state index contributed by atoms with van der Waals surface area (Å²) in [5, 5.41) is 18.0.